The Morgan fingerprint density at radius 2 is 1.76 bits per heavy atom. The van der Waals surface area contributed by atoms with Gasteiger partial charge in [0.15, 0.2) is 0 Å². The van der Waals surface area contributed by atoms with E-state index < -0.39 is 36.9 Å². The summed E-state index contributed by atoms with van der Waals surface area (Å²) >= 11 is 6.46. The van der Waals surface area contributed by atoms with Crippen molar-refractivity contribution in [2.24, 2.45) is 4.99 Å². The van der Waals surface area contributed by atoms with Gasteiger partial charge in [-0.25, -0.2) is 4.99 Å². The van der Waals surface area contributed by atoms with Crippen molar-refractivity contribution in [2.45, 2.75) is 51.1 Å². The zero-order valence-corrected chi connectivity index (χ0v) is 21.5. The highest BCUT2D eigenvalue weighted by Gasteiger charge is 2.55. The van der Waals surface area contributed by atoms with Gasteiger partial charge in [-0.3, -0.25) is 14.6 Å². The van der Waals surface area contributed by atoms with Crippen molar-refractivity contribution in [1.82, 2.24) is 9.80 Å². The van der Waals surface area contributed by atoms with E-state index in [2.05, 4.69) is 4.99 Å². The minimum atomic E-state index is -4.94. The summed E-state index contributed by atoms with van der Waals surface area (Å²) in [4.78, 5) is 20.3. The standard InChI is InChI=1S/C26H27ClF6N4O/c1-16-12-17(2)21(20(27)13-16)36-11-9-19(37-23(38)22(26(31,32)33)34-24(36)37)14-35(15-25(28,29)30)10-8-18-6-4-3-5-7-18/h3-7,12-13,19,22H,8-11,14-15H2,1-2H3. The minimum Gasteiger partial charge on any atom is -0.310 e. The number of anilines is 1. The van der Waals surface area contributed by atoms with Crippen molar-refractivity contribution in [3.8, 4) is 0 Å². The number of hydrogen-bond donors (Lipinski definition) is 0. The van der Waals surface area contributed by atoms with Gasteiger partial charge in [0, 0.05) is 19.6 Å². The van der Waals surface area contributed by atoms with Crippen LogP contribution < -0.4 is 4.90 Å². The summed E-state index contributed by atoms with van der Waals surface area (Å²) in [5.74, 6) is -1.53. The van der Waals surface area contributed by atoms with Crippen LogP contribution in [0.25, 0.3) is 0 Å². The molecule has 0 aromatic heterocycles. The Hall–Kier alpha value is -2.79. The van der Waals surface area contributed by atoms with Gasteiger partial charge in [0.2, 0.25) is 12.0 Å². The van der Waals surface area contributed by atoms with Gasteiger partial charge in [0.1, 0.15) is 0 Å². The molecule has 2 aliphatic heterocycles. The van der Waals surface area contributed by atoms with E-state index in [1.165, 1.54) is 4.90 Å². The van der Waals surface area contributed by atoms with Crippen molar-refractivity contribution < 1.29 is 31.1 Å². The van der Waals surface area contributed by atoms with Gasteiger partial charge >= 0.3 is 12.4 Å². The van der Waals surface area contributed by atoms with E-state index in [-0.39, 0.29) is 37.0 Å². The largest absolute Gasteiger partial charge is 0.419 e. The van der Waals surface area contributed by atoms with Crippen LogP contribution in [0.3, 0.4) is 0 Å². The molecule has 2 aromatic carbocycles. The quantitative estimate of drug-likeness (QED) is 0.404. The Kier molecular flexibility index (Phi) is 7.99. The summed E-state index contributed by atoms with van der Waals surface area (Å²) in [6.45, 7) is 2.22. The maximum atomic E-state index is 13.8. The van der Waals surface area contributed by atoms with Crippen molar-refractivity contribution in [3.05, 3.63) is 64.2 Å². The van der Waals surface area contributed by atoms with Crippen LogP contribution in [0.1, 0.15) is 23.1 Å². The molecule has 5 nitrogen and oxygen atoms in total. The lowest BCUT2D eigenvalue weighted by molar-refractivity contribution is -0.165. The van der Waals surface area contributed by atoms with Gasteiger partial charge in [-0.15, -0.1) is 0 Å². The second kappa shape index (κ2) is 10.8. The third-order valence-electron chi connectivity index (χ3n) is 6.63. The fourth-order valence-corrected chi connectivity index (χ4v) is 5.50. The number of benzene rings is 2. The van der Waals surface area contributed by atoms with E-state index in [0.29, 0.717) is 17.7 Å². The SMILES string of the molecule is Cc1cc(C)c(N2CCC(CN(CCc3ccccc3)CC(F)(F)F)N3C(=O)C(C(F)(F)F)N=C23)c(Cl)c1. The van der Waals surface area contributed by atoms with Crippen LogP contribution in [0.15, 0.2) is 47.5 Å². The van der Waals surface area contributed by atoms with Crippen LogP contribution in [0, 0.1) is 13.8 Å². The molecule has 1 saturated heterocycles. The Balaban J connectivity index is 1.64. The Labute approximate surface area is 221 Å². The molecule has 4 rings (SSSR count). The first kappa shape index (κ1) is 28.2. The first-order chi connectivity index (χ1) is 17.7. The lowest BCUT2D eigenvalue weighted by atomic mass is 10.0. The van der Waals surface area contributed by atoms with E-state index in [1.807, 2.05) is 13.0 Å². The molecule has 2 aliphatic rings. The predicted octanol–water partition coefficient (Wildman–Crippen LogP) is 5.77. The monoisotopic (exact) mass is 560 g/mol. The number of hydrogen-bond acceptors (Lipinski definition) is 4. The van der Waals surface area contributed by atoms with Gasteiger partial charge < -0.3 is 4.90 Å². The minimum absolute atomic E-state index is 0.0177. The van der Waals surface area contributed by atoms with E-state index in [1.54, 1.807) is 43.3 Å². The van der Waals surface area contributed by atoms with E-state index >= 15 is 0 Å². The van der Waals surface area contributed by atoms with Crippen LogP contribution in [0.2, 0.25) is 5.02 Å². The number of guanidine groups is 1. The predicted molar refractivity (Wildman–Crippen MR) is 133 cm³/mol. The highest BCUT2D eigenvalue weighted by Crippen LogP contribution is 2.38. The number of fused-ring (bicyclic) bond motifs is 1. The molecule has 12 heteroatoms. The van der Waals surface area contributed by atoms with Crippen LogP contribution in [0.5, 0.6) is 0 Å². The molecule has 1 amide bonds. The summed E-state index contributed by atoms with van der Waals surface area (Å²) in [6.07, 6.45) is -9.01. The molecule has 2 aromatic rings. The summed E-state index contributed by atoms with van der Waals surface area (Å²) in [7, 11) is 0. The van der Waals surface area contributed by atoms with Crippen molar-refractivity contribution in [3.63, 3.8) is 0 Å². The first-order valence-electron chi connectivity index (χ1n) is 12.1. The zero-order valence-electron chi connectivity index (χ0n) is 20.8. The Morgan fingerprint density at radius 1 is 1.08 bits per heavy atom. The van der Waals surface area contributed by atoms with Gasteiger partial charge in [-0.1, -0.05) is 48.0 Å². The van der Waals surface area contributed by atoms with Gasteiger partial charge in [0.05, 0.1) is 23.3 Å². The van der Waals surface area contributed by atoms with Gasteiger partial charge in [0.25, 0.3) is 5.91 Å². The second-order valence-electron chi connectivity index (χ2n) is 9.67. The number of halogens is 7. The number of alkyl halides is 6. The molecular weight excluding hydrogens is 534 g/mol. The molecule has 38 heavy (non-hydrogen) atoms. The highest BCUT2D eigenvalue weighted by molar-refractivity contribution is 6.34. The lowest BCUT2D eigenvalue weighted by Gasteiger charge is -2.43. The van der Waals surface area contributed by atoms with E-state index in [9.17, 15) is 31.1 Å². The van der Waals surface area contributed by atoms with E-state index in [0.717, 1.165) is 20.9 Å². The third-order valence-corrected chi connectivity index (χ3v) is 6.92. The summed E-state index contributed by atoms with van der Waals surface area (Å²) in [5, 5.41) is 0.285. The van der Waals surface area contributed by atoms with Crippen LogP contribution in [-0.4, -0.2) is 72.3 Å². The van der Waals surface area contributed by atoms with Gasteiger partial charge in [-0.2, -0.15) is 26.3 Å². The average Bonchev–Trinajstić information content (AvgIpc) is 3.16. The fourth-order valence-electron chi connectivity index (χ4n) is 5.08. The molecule has 0 spiro atoms. The second-order valence-corrected chi connectivity index (χ2v) is 10.1. The molecule has 0 radical (unpaired) electrons. The van der Waals surface area contributed by atoms with E-state index in [4.69, 9.17) is 11.6 Å². The maximum absolute atomic E-state index is 13.8. The van der Waals surface area contributed by atoms with Crippen molar-refractivity contribution >= 4 is 29.2 Å². The number of carbonyl (C=O) groups excluding carboxylic acids is 1. The van der Waals surface area contributed by atoms with Crippen LogP contribution in [-0.2, 0) is 11.2 Å². The Morgan fingerprint density at radius 3 is 2.37 bits per heavy atom. The van der Waals surface area contributed by atoms with Crippen molar-refractivity contribution in [1.29, 1.82) is 0 Å². The van der Waals surface area contributed by atoms with Crippen LogP contribution in [0.4, 0.5) is 32.0 Å². The topological polar surface area (TPSA) is 39.1 Å². The zero-order chi connectivity index (χ0) is 27.8. The number of amides is 1. The molecule has 206 valence electrons. The molecule has 0 saturated carbocycles. The average molecular weight is 561 g/mol. The third kappa shape index (κ3) is 6.26. The fraction of sp³-hybridized carbons (Fsp3) is 0.462. The molecule has 2 unspecified atom stereocenters. The molecule has 0 N–H and O–H groups in total. The molecule has 2 atom stereocenters. The molecule has 1 fully saturated rings. The smallest absolute Gasteiger partial charge is 0.310 e. The highest BCUT2D eigenvalue weighted by atomic mass is 35.5. The summed E-state index contributed by atoms with van der Waals surface area (Å²) < 4.78 is 81.6. The van der Waals surface area contributed by atoms with Crippen LogP contribution >= 0.6 is 11.6 Å². The first-order valence-corrected chi connectivity index (χ1v) is 12.5. The van der Waals surface area contributed by atoms with Crippen molar-refractivity contribution in [2.75, 3.05) is 31.1 Å². The number of aliphatic imine (C=N–C) groups is 1. The number of nitrogens with zero attached hydrogens (tertiary/aromatic N) is 4. The molecule has 0 aliphatic carbocycles. The number of aryl methyl sites for hydroxylation is 2. The Bertz CT molecular complexity index is 1180. The molecule has 2 heterocycles. The molecular formula is C26H27ClF6N4O. The number of carbonyl (C=O) groups is 1. The summed E-state index contributed by atoms with van der Waals surface area (Å²) in [6, 6.07) is 8.86. The van der Waals surface area contributed by atoms with Gasteiger partial charge in [-0.05, 0) is 49.4 Å². The normalized spacial score (nSPS) is 20.3. The molecule has 0 bridgehead atoms. The lowest BCUT2D eigenvalue weighted by Crippen LogP contribution is -2.59. The summed E-state index contributed by atoms with van der Waals surface area (Å²) in [5.41, 5.74) is 2.78. The maximum Gasteiger partial charge on any atom is 0.419 e. The number of rotatable bonds is 7.